The first-order chi connectivity index (χ1) is 7.31. The molecule has 0 aromatic rings. The van der Waals surface area contributed by atoms with Crippen LogP contribution in [0.4, 0.5) is 0 Å². The van der Waals surface area contributed by atoms with Crippen molar-refractivity contribution in [2.24, 2.45) is 23.7 Å². The van der Waals surface area contributed by atoms with Gasteiger partial charge in [-0.2, -0.15) is 0 Å². The van der Waals surface area contributed by atoms with Crippen molar-refractivity contribution in [3.63, 3.8) is 0 Å². The molecule has 0 radical (unpaired) electrons. The summed E-state index contributed by atoms with van der Waals surface area (Å²) in [4.78, 5) is 11.7. The molecule has 2 nitrogen and oxygen atoms in total. The zero-order valence-corrected chi connectivity index (χ0v) is 9.37. The normalized spacial score (nSPS) is 38.3. The van der Waals surface area contributed by atoms with Gasteiger partial charge in [-0.1, -0.05) is 6.42 Å². The van der Waals surface area contributed by atoms with Crippen molar-refractivity contribution in [3.05, 3.63) is 0 Å². The average molecular weight is 207 g/mol. The Balaban J connectivity index is 1.42. The Bertz CT molecular complexity index is 259. The van der Waals surface area contributed by atoms with Crippen LogP contribution in [0.5, 0.6) is 0 Å². The van der Waals surface area contributed by atoms with Gasteiger partial charge in [0.1, 0.15) is 0 Å². The standard InChI is InChI=1S/C13H21NO/c15-13(14-8-9-1-2-9)7-12-6-10-3-4-11(12)5-10/h9-12H,1-8H2,(H,14,15)/t10-,11+,12+/m0/s1. The number of hydrogen-bond acceptors (Lipinski definition) is 1. The molecule has 1 N–H and O–H groups in total. The van der Waals surface area contributed by atoms with Crippen LogP contribution in [0.1, 0.15) is 44.9 Å². The van der Waals surface area contributed by atoms with Crippen LogP contribution in [0.3, 0.4) is 0 Å². The predicted molar refractivity (Wildman–Crippen MR) is 59.3 cm³/mol. The van der Waals surface area contributed by atoms with Crippen LogP contribution in [0, 0.1) is 23.7 Å². The van der Waals surface area contributed by atoms with E-state index in [2.05, 4.69) is 5.32 Å². The lowest BCUT2D eigenvalue weighted by Crippen LogP contribution is -2.28. The molecule has 84 valence electrons. The van der Waals surface area contributed by atoms with Gasteiger partial charge in [0, 0.05) is 13.0 Å². The second kappa shape index (κ2) is 3.80. The zero-order chi connectivity index (χ0) is 10.3. The van der Waals surface area contributed by atoms with Crippen LogP contribution < -0.4 is 5.32 Å². The van der Waals surface area contributed by atoms with Crippen molar-refractivity contribution in [2.75, 3.05) is 6.54 Å². The van der Waals surface area contributed by atoms with Gasteiger partial charge < -0.3 is 5.32 Å². The minimum Gasteiger partial charge on any atom is -0.356 e. The third-order valence-corrected chi connectivity index (χ3v) is 4.62. The van der Waals surface area contributed by atoms with Crippen LogP contribution >= 0.6 is 0 Å². The maximum atomic E-state index is 11.7. The number of carbonyl (C=O) groups excluding carboxylic acids is 1. The Labute approximate surface area is 91.8 Å². The molecule has 3 rings (SSSR count). The van der Waals surface area contributed by atoms with E-state index in [4.69, 9.17) is 0 Å². The molecule has 0 aromatic heterocycles. The van der Waals surface area contributed by atoms with E-state index in [0.29, 0.717) is 5.91 Å². The van der Waals surface area contributed by atoms with Gasteiger partial charge in [-0.25, -0.2) is 0 Å². The summed E-state index contributed by atoms with van der Waals surface area (Å²) in [5, 5.41) is 3.09. The average Bonchev–Trinajstić information content (AvgIpc) is 2.84. The minimum atomic E-state index is 0.319. The lowest BCUT2D eigenvalue weighted by atomic mass is 9.86. The van der Waals surface area contributed by atoms with Crippen LogP contribution in [0.25, 0.3) is 0 Å². The molecule has 3 saturated carbocycles. The molecule has 1 amide bonds. The van der Waals surface area contributed by atoms with Crippen molar-refractivity contribution in [2.45, 2.75) is 44.9 Å². The third-order valence-electron chi connectivity index (χ3n) is 4.62. The van der Waals surface area contributed by atoms with Gasteiger partial charge in [0.25, 0.3) is 0 Å². The predicted octanol–water partition coefficient (Wildman–Crippen LogP) is 2.34. The van der Waals surface area contributed by atoms with E-state index in [9.17, 15) is 4.79 Å². The zero-order valence-electron chi connectivity index (χ0n) is 9.37. The Morgan fingerprint density at radius 2 is 2.00 bits per heavy atom. The molecule has 3 fully saturated rings. The van der Waals surface area contributed by atoms with Crippen molar-refractivity contribution in [1.82, 2.24) is 5.32 Å². The fourth-order valence-electron chi connectivity index (χ4n) is 3.52. The number of rotatable bonds is 4. The Hall–Kier alpha value is -0.530. The molecule has 0 heterocycles. The molecule has 0 aliphatic heterocycles. The van der Waals surface area contributed by atoms with Gasteiger partial charge in [0.2, 0.25) is 5.91 Å². The molecule has 0 spiro atoms. The first-order valence-electron chi connectivity index (χ1n) is 6.58. The molecular formula is C13H21NO. The summed E-state index contributed by atoms with van der Waals surface area (Å²) in [6, 6.07) is 0. The highest BCUT2D eigenvalue weighted by atomic mass is 16.1. The van der Waals surface area contributed by atoms with Crippen LogP contribution in [-0.4, -0.2) is 12.5 Å². The topological polar surface area (TPSA) is 29.1 Å². The summed E-state index contributed by atoms with van der Waals surface area (Å²) in [5.41, 5.74) is 0. The van der Waals surface area contributed by atoms with E-state index in [1.54, 1.807) is 0 Å². The highest BCUT2D eigenvalue weighted by Crippen LogP contribution is 2.49. The number of amides is 1. The largest absolute Gasteiger partial charge is 0.356 e. The van der Waals surface area contributed by atoms with Crippen LogP contribution in [0.2, 0.25) is 0 Å². The first-order valence-corrected chi connectivity index (χ1v) is 6.58. The number of hydrogen-bond donors (Lipinski definition) is 1. The monoisotopic (exact) mass is 207 g/mol. The van der Waals surface area contributed by atoms with Crippen LogP contribution in [-0.2, 0) is 4.79 Å². The van der Waals surface area contributed by atoms with E-state index in [1.165, 1.54) is 38.5 Å². The van der Waals surface area contributed by atoms with Gasteiger partial charge in [-0.3, -0.25) is 4.79 Å². The summed E-state index contributed by atoms with van der Waals surface area (Å²) in [6.07, 6.45) is 9.05. The maximum Gasteiger partial charge on any atom is 0.220 e. The number of carbonyl (C=O) groups is 1. The molecule has 3 aliphatic rings. The van der Waals surface area contributed by atoms with Crippen molar-refractivity contribution in [1.29, 1.82) is 0 Å². The van der Waals surface area contributed by atoms with Crippen molar-refractivity contribution >= 4 is 5.91 Å². The molecule has 2 bridgehead atoms. The summed E-state index contributed by atoms with van der Waals surface area (Å²) >= 11 is 0. The fourth-order valence-corrected chi connectivity index (χ4v) is 3.52. The van der Waals surface area contributed by atoms with Gasteiger partial charge >= 0.3 is 0 Å². The highest BCUT2D eigenvalue weighted by molar-refractivity contribution is 5.76. The smallest absolute Gasteiger partial charge is 0.220 e. The molecule has 2 heteroatoms. The van der Waals surface area contributed by atoms with Gasteiger partial charge in [0.15, 0.2) is 0 Å². The molecule has 0 aromatic carbocycles. The summed E-state index contributed by atoms with van der Waals surface area (Å²) in [5.74, 6) is 3.72. The quantitative estimate of drug-likeness (QED) is 0.753. The lowest BCUT2D eigenvalue weighted by molar-refractivity contribution is -0.122. The summed E-state index contributed by atoms with van der Waals surface area (Å²) in [7, 11) is 0. The molecule has 3 aliphatic carbocycles. The van der Waals surface area contributed by atoms with Crippen molar-refractivity contribution in [3.8, 4) is 0 Å². The molecule has 15 heavy (non-hydrogen) atoms. The lowest BCUT2D eigenvalue weighted by Gasteiger charge is -2.20. The molecule has 3 atom stereocenters. The van der Waals surface area contributed by atoms with E-state index < -0.39 is 0 Å². The molecular weight excluding hydrogens is 186 g/mol. The van der Waals surface area contributed by atoms with E-state index >= 15 is 0 Å². The van der Waals surface area contributed by atoms with Gasteiger partial charge in [-0.15, -0.1) is 0 Å². The third kappa shape index (κ3) is 2.19. The van der Waals surface area contributed by atoms with Crippen LogP contribution in [0.15, 0.2) is 0 Å². The minimum absolute atomic E-state index is 0.319. The Morgan fingerprint density at radius 3 is 2.60 bits per heavy atom. The molecule has 0 unspecified atom stereocenters. The van der Waals surface area contributed by atoms with E-state index in [1.807, 2.05) is 0 Å². The summed E-state index contributed by atoms with van der Waals surface area (Å²) < 4.78 is 0. The van der Waals surface area contributed by atoms with Crippen molar-refractivity contribution < 1.29 is 4.79 Å². The molecule has 0 saturated heterocycles. The highest BCUT2D eigenvalue weighted by Gasteiger charge is 2.40. The first kappa shape index (κ1) is 9.68. The fraction of sp³-hybridized carbons (Fsp3) is 0.923. The van der Waals surface area contributed by atoms with Gasteiger partial charge in [-0.05, 0) is 55.8 Å². The van der Waals surface area contributed by atoms with Gasteiger partial charge in [0.05, 0.1) is 0 Å². The number of fused-ring (bicyclic) bond motifs is 2. The second-order valence-corrected chi connectivity index (χ2v) is 5.89. The number of nitrogens with one attached hydrogen (secondary N) is 1. The Kier molecular flexibility index (Phi) is 2.45. The van der Waals surface area contributed by atoms with E-state index in [-0.39, 0.29) is 0 Å². The Morgan fingerprint density at radius 1 is 1.13 bits per heavy atom. The summed E-state index contributed by atoms with van der Waals surface area (Å²) in [6.45, 7) is 0.944. The van der Waals surface area contributed by atoms with E-state index in [0.717, 1.165) is 36.6 Å². The SMILES string of the molecule is O=C(C[C@H]1C[C@H]2CC[C@@H]1C2)NCC1CC1. The second-order valence-electron chi connectivity index (χ2n) is 5.89. The maximum absolute atomic E-state index is 11.7.